The van der Waals surface area contributed by atoms with E-state index in [1.165, 1.54) is 11.6 Å². The maximum atomic E-state index is 14.3. The monoisotopic (exact) mass is 309 g/mol. The summed E-state index contributed by atoms with van der Waals surface area (Å²) < 4.78 is 20.3. The first kappa shape index (κ1) is 14.5. The molecule has 4 rings (SSSR count). The molecule has 2 heterocycles. The normalized spacial score (nSPS) is 25.4. The zero-order chi connectivity index (χ0) is 16.0. The Balaban J connectivity index is 1.79. The standard InChI is InChI=1S/C20H20FNO/c1-12(2)13-7-8-18-16(11-13)20-15(9-10-23-20)19(22-18)14-5-3-4-6-17(14)21/h3-8,11,15,19-20,22H,1,9-10H2,2H3. The SMILES string of the molecule is C=C(C)c1ccc2c(c1)C1OCCC1C(c1ccccc1F)N2. The summed E-state index contributed by atoms with van der Waals surface area (Å²) in [7, 11) is 0. The van der Waals surface area contributed by atoms with Crippen LogP contribution in [0.25, 0.3) is 5.57 Å². The lowest BCUT2D eigenvalue weighted by molar-refractivity contribution is 0.0826. The van der Waals surface area contributed by atoms with Gasteiger partial charge in [-0.1, -0.05) is 36.4 Å². The van der Waals surface area contributed by atoms with Crippen LogP contribution in [0.2, 0.25) is 0 Å². The lowest BCUT2D eigenvalue weighted by atomic mass is 9.80. The first-order valence-corrected chi connectivity index (χ1v) is 8.07. The summed E-state index contributed by atoms with van der Waals surface area (Å²) in [6.07, 6.45) is 0.961. The molecule has 1 N–H and O–H groups in total. The molecule has 0 aliphatic carbocycles. The van der Waals surface area contributed by atoms with Crippen molar-refractivity contribution < 1.29 is 9.13 Å². The van der Waals surface area contributed by atoms with Gasteiger partial charge in [0.2, 0.25) is 0 Å². The molecule has 0 saturated carbocycles. The van der Waals surface area contributed by atoms with Crippen molar-refractivity contribution >= 4 is 11.3 Å². The van der Waals surface area contributed by atoms with Gasteiger partial charge in [-0.25, -0.2) is 4.39 Å². The molecular formula is C20H20FNO. The molecule has 0 amide bonds. The smallest absolute Gasteiger partial charge is 0.128 e. The van der Waals surface area contributed by atoms with E-state index in [1.54, 1.807) is 6.07 Å². The topological polar surface area (TPSA) is 21.3 Å². The minimum atomic E-state index is -0.155. The molecule has 3 heteroatoms. The van der Waals surface area contributed by atoms with E-state index in [4.69, 9.17) is 4.74 Å². The highest BCUT2D eigenvalue weighted by Crippen LogP contribution is 2.50. The van der Waals surface area contributed by atoms with Gasteiger partial charge in [-0.3, -0.25) is 0 Å². The molecule has 3 atom stereocenters. The second-order valence-corrected chi connectivity index (χ2v) is 6.47. The lowest BCUT2D eigenvalue weighted by Crippen LogP contribution is -2.30. The summed E-state index contributed by atoms with van der Waals surface area (Å²) in [5, 5.41) is 3.54. The van der Waals surface area contributed by atoms with E-state index in [0.29, 0.717) is 0 Å². The van der Waals surface area contributed by atoms with Gasteiger partial charge in [0.1, 0.15) is 5.82 Å². The molecule has 0 spiro atoms. The maximum absolute atomic E-state index is 14.3. The minimum absolute atomic E-state index is 0.0233. The van der Waals surface area contributed by atoms with E-state index in [-0.39, 0.29) is 23.9 Å². The summed E-state index contributed by atoms with van der Waals surface area (Å²) in [6, 6.07) is 13.3. The molecule has 0 radical (unpaired) electrons. The van der Waals surface area contributed by atoms with Gasteiger partial charge in [0.05, 0.1) is 12.1 Å². The van der Waals surface area contributed by atoms with Gasteiger partial charge in [-0.05, 0) is 37.1 Å². The van der Waals surface area contributed by atoms with E-state index in [2.05, 4.69) is 30.1 Å². The Kier molecular flexibility index (Phi) is 3.46. The predicted octanol–water partition coefficient (Wildman–Crippen LogP) is 5.10. The number of ether oxygens (including phenoxy) is 1. The first-order chi connectivity index (χ1) is 11.1. The van der Waals surface area contributed by atoms with E-state index in [1.807, 2.05) is 19.1 Å². The highest BCUT2D eigenvalue weighted by Gasteiger charge is 2.42. The van der Waals surface area contributed by atoms with Crippen LogP contribution in [0, 0.1) is 11.7 Å². The fraction of sp³-hybridized carbons (Fsp3) is 0.300. The van der Waals surface area contributed by atoms with Crippen LogP contribution in [0.1, 0.15) is 42.2 Å². The summed E-state index contributed by atoms with van der Waals surface area (Å²) in [6.45, 7) is 6.75. The summed E-state index contributed by atoms with van der Waals surface area (Å²) in [5.41, 5.74) is 5.09. The lowest BCUT2D eigenvalue weighted by Gasteiger charge is -2.37. The molecule has 1 fully saturated rings. The molecule has 2 aromatic rings. The van der Waals surface area contributed by atoms with Gasteiger partial charge in [0.25, 0.3) is 0 Å². The number of benzene rings is 2. The number of hydrogen-bond acceptors (Lipinski definition) is 2. The van der Waals surface area contributed by atoms with Gasteiger partial charge in [-0.2, -0.15) is 0 Å². The van der Waals surface area contributed by atoms with Crippen molar-refractivity contribution in [3.8, 4) is 0 Å². The Bertz CT molecular complexity index is 770. The van der Waals surface area contributed by atoms with E-state index < -0.39 is 0 Å². The van der Waals surface area contributed by atoms with Crippen LogP contribution in [-0.4, -0.2) is 6.61 Å². The van der Waals surface area contributed by atoms with Crippen molar-refractivity contribution in [2.24, 2.45) is 5.92 Å². The zero-order valence-electron chi connectivity index (χ0n) is 13.2. The van der Waals surface area contributed by atoms with Crippen molar-refractivity contribution in [2.45, 2.75) is 25.5 Å². The number of fused-ring (bicyclic) bond motifs is 3. The highest BCUT2D eigenvalue weighted by atomic mass is 19.1. The van der Waals surface area contributed by atoms with Gasteiger partial charge in [0, 0.05) is 29.3 Å². The molecule has 2 aliphatic rings. The third-order valence-electron chi connectivity index (χ3n) is 4.97. The van der Waals surface area contributed by atoms with E-state index in [0.717, 1.165) is 35.4 Å². The Hall–Kier alpha value is -2.13. The average Bonchev–Trinajstić information content (AvgIpc) is 3.04. The maximum Gasteiger partial charge on any atom is 0.128 e. The number of anilines is 1. The number of halogens is 1. The van der Waals surface area contributed by atoms with Crippen LogP contribution in [0.15, 0.2) is 49.0 Å². The van der Waals surface area contributed by atoms with Crippen molar-refractivity contribution in [2.75, 3.05) is 11.9 Å². The average molecular weight is 309 g/mol. The van der Waals surface area contributed by atoms with E-state index >= 15 is 0 Å². The second-order valence-electron chi connectivity index (χ2n) is 6.47. The molecule has 118 valence electrons. The van der Waals surface area contributed by atoms with E-state index in [9.17, 15) is 4.39 Å². The molecule has 0 bridgehead atoms. The summed E-state index contributed by atoms with van der Waals surface area (Å²) in [4.78, 5) is 0. The molecule has 2 aliphatic heterocycles. The Morgan fingerprint density at radius 2 is 2.04 bits per heavy atom. The third kappa shape index (κ3) is 2.36. The Morgan fingerprint density at radius 3 is 2.83 bits per heavy atom. The van der Waals surface area contributed by atoms with Crippen LogP contribution in [0.4, 0.5) is 10.1 Å². The molecule has 23 heavy (non-hydrogen) atoms. The van der Waals surface area contributed by atoms with Crippen molar-refractivity contribution in [1.82, 2.24) is 0 Å². The number of allylic oxidation sites excluding steroid dienone is 1. The first-order valence-electron chi connectivity index (χ1n) is 8.07. The van der Waals surface area contributed by atoms with Crippen LogP contribution in [-0.2, 0) is 4.74 Å². The fourth-order valence-corrected chi connectivity index (χ4v) is 3.77. The fourth-order valence-electron chi connectivity index (χ4n) is 3.77. The van der Waals surface area contributed by atoms with Crippen molar-refractivity contribution in [1.29, 1.82) is 0 Å². The van der Waals surface area contributed by atoms with Crippen molar-refractivity contribution in [3.63, 3.8) is 0 Å². The second kappa shape index (κ2) is 5.50. The van der Waals surface area contributed by atoms with Crippen LogP contribution in [0.3, 0.4) is 0 Å². The predicted molar refractivity (Wildman–Crippen MR) is 90.7 cm³/mol. The molecule has 2 aromatic carbocycles. The van der Waals surface area contributed by atoms with Gasteiger partial charge in [-0.15, -0.1) is 0 Å². The Labute approximate surface area is 136 Å². The minimum Gasteiger partial charge on any atom is -0.377 e. The largest absolute Gasteiger partial charge is 0.377 e. The van der Waals surface area contributed by atoms with Crippen LogP contribution < -0.4 is 5.32 Å². The molecule has 0 aromatic heterocycles. The number of rotatable bonds is 2. The third-order valence-corrected chi connectivity index (χ3v) is 4.97. The zero-order valence-corrected chi connectivity index (χ0v) is 13.2. The Morgan fingerprint density at radius 1 is 1.22 bits per heavy atom. The number of hydrogen-bond donors (Lipinski definition) is 1. The highest BCUT2D eigenvalue weighted by molar-refractivity contribution is 5.68. The van der Waals surface area contributed by atoms with Crippen molar-refractivity contribution in [3.05, 3.63) is 71.6 Å². The summed E-state index contributed by atoms with van der Waals surface area (Å²) in [5.74, 6) is 0.0948. The number of nitrogens with one attached hydrogen (secondary N) is 1. The van der Waals surface area contributed by atoms with Crippen LogP contribution >= 0.6 is 0 Å². The summed E-state index contributed by atoms with van der Waals surface area (Å²) >= 11 is 0. The van der Waals surface area contributed by atoms with Gasteiger partial charge >= 0.3 is 0 Å². The molecule has 3 unspecified atom stereocenters. The van der Waals surface area contributed by atoms with Gasteiger partial charge < -0.3 is 10.1 Å². The van der Waals surface area contributed by atoms with Crippen LogP contribution in [0.5, 0.6) is 0 Å². The molecular weight excluding hydrogens is 289 g/mol. The quantitative estimate of drug-likeness (QED) is 0.833. The van der Waals surface area contributed by atoms with Gasteiger partial charge in [0.15, 0.2) is 0 Å². The molecule has 1 saturated heterocycles. The molecule has 2 nitrogen and oxygen atoms in total.